The van der Waals surface area contributed by atoms with Crippen LogP contribution in [-0.2, 0) is 4.79 Å². The molecule has 2 aromatic rings. The first-order valence-electron chi connectivity index (χ1n) is 6.66. The van der Waals surface area contributed by atoms with E-state index in [9.17, 15) is 9.90 Å². The second-order valence-corrected chi connectivity index (χ2v) is 5.95. The first-order valence-corrected chi connectivity index (χ1v) is 8.02. The van der Waals surface area contributed by atoms with Crippen LogP contribution in [0.15, 0.2) is 52.5 Å². The van der Waals surface area contributed by atoms with Crippen LogP contribution in [0.5, 0.6) is 11.5 Å². The van der Waals surface area contributed by atoms with Gasteiger partial charge in [0.1, 0.15) is 0 Å². The Morgan fingerprint density at radius 2 is 2.09 bits per heavy atom. The van der Waals surface area contributed by atoms with Crippen molar-refractivity contribution in [3.63, 3.8) is 0 Å². The van der Waals surface area contributed by atoms with Crippen LogP contribution in [0.1, 0.15) is 5.56 Å². The molecule has 2 N–H and O–H groups in total. The van der Waals surface area contributed by atoms with Crippen molar-refractivity contribution in [1.29, 1.82) is 0 Å². The number of hydrazone groups is 1. The highest BCUT2D eigenvalue weighted by Crippen LogP contribution is 2.25. The van der Waals surface area contributed by atoms with Crippen molar-refractivity contribution >= 4 is 35.5 Å². The van der Waals surface area contributed by atoms with Crippen LogP contribution in [-0.4, -0.2) is 30.1 Å². The van der Waals surface area contributed by atoms with Gasteiger partial charge in [0.15, 0.2) is 11.5 Å². The molecule has 0 unspecified atom stereocenters. The molecule has 0 aliphatic carbocycles. The summed E-state index contributed by atoms with van der Waals surface area (Å²) in [6.45, 7) is 0. The van der Waals surface area contributed by atoms with E-state index in [2.05, 4.69) is 10.5 Å². The van der Waals surface area contributed by atoms with Gasteiger partial charge in [-0.3, -0.25) is 4.79 Å². The summed E-state index contributed by atoms with van der Waals surface area (Å²) in [5, 5.41) is 14.2. The lowest BCUT2D eigenvalue weighted by atomic mass is 10.2. The molecule has 2 aromatic carbocycles. The summed E-state index contributed by atoms with van der Waals surface area (Å²) in [6.07, 6.45) is 1.45. The lowest BCUT2D eigenvalue weighted by Gasteiger charge is -2.03. The van der Waals surface area contributed by atoms with Gasteiger partial charge in [0.25, 0.3) is 0 Å². The van der Waals surface area contributed by atoms with Crippen LogP contribution in [0.4, 0.5) is 0 Å². The minimum absolute atomic E-state index is 0.0149. The van der Waals surface area contributed by atoms with Gasteiger partial charge in [-0.25, -0.2) is 5.43 Å². The molecule has 0 saturated carbocycles. The SMILES string of the molecule is COc1ccc(/C=N/NC(=O)CSc2ccc(Cl)cc2)cc1O. The molecule has 0 aliphatic rings. The Hall–Kier alpha value is -2.18. The lowest BCUT2D eigenvalue weighted by molar-refractivity contribution is -0.118. The number of carbonyl (C=O) groups is 1. The maximum Gasteiger partial charge on any atom is 0.250 e. The van der Waals surface area contributed by atoms with Crippen molar-refractivity contribution in [2.24, 2.45) is 5.10 Å². The van der Waals surface area contributed by atoms with E-state index in [-0.39, 0.29) is 17.4 Å². The van der Waals surface area contributed by atoms with Gasteiger partial charge in [0.05, 0.1) is 19.1 Å². The molecule has 2 rings (SSSR count). The number of hydrogen-bond donors (Lipinski definition) is 2. The number of nitrogens with one attached hydrogen (secondary N) is 1. The molecule has 120 valence electrons. The van der Waals surface area contributed by atoms with E-state index in [1.54, 1.807) is 24.3 Å². The molecule has 1 amide bonds. The molecule has 0 bridgehead atoms. The summed E-state index contributed by atoms with van der Waals surface area (Å²) in [7, 11) is 1.47. The van der Waals surface area contributed by atoms with E-state index < -0.39 is 0 Å². The molecule has 0 atom stereocenters. The zero-order valence-corrected chi connectivity index (χ0v) is 13.9. The number of phenols is 1. The van der Waals surface area contributed by atoms with E-state index in [1.165, 1.54) is 31.2 Å². The number of ether oxygens (including phenoxy) is 1. The van der Waals surface area contributed by atoms with Crippen molar-refractivity contribution in [2.75, 3.05) is 12.9 Å². The van der Waals surface area contributed by atoms with Crippen LogP contribution in [0.3, 0.4) is 0 Å². The minimum Gasteiger partial charge on any atom is -0.504 e. The molecule has 0 radical (unpaired) electrons. The third-order valence-corrected chi connectivity index (χ3v) is 4.05. The number of benzene rings is 2. The first kappa shape index (κ1) is 17.2. The van der Waals surface area contributed by atoms with E-state index in [4.69, 9.17) is 16.3 Å². The average molecular weight is 351 g/mol. The normalized spacial score (nSPS) is 10.7. The number of thioether (sulfide) groups is 1. The summed E-state index contributed by atoms with van der Waals surface area (Å²) >= 11 is 7.19. The van der Waals surface area contributed by atoms with Crippen LogP contribution in [0.25, 0.3) is 0 Å². The Labute approximate surface area is 143 Å². The van der Waals surface area contributed by atoms with Gasteiger partial charge in [0.2, 0.25) is 5.91 Å². The van der Waals surface area contributed by atoms with Gasteiger partial charge in [-0.2, -0.15) is 5.10 Å². The zero-order valence-electron chi connectivity index (χ0n) is 12.3. The quantitative estimate of drug-likeness (QED) is 0.476. The van der Waals surface area contributed by atoms with Crippen LogP contribution < -0.4 is 10.2 Å². The molecular weight excluding hydrogens is 336 g/mol. The van der Waals surface area contributed by atoms with Gasteiger partial charge >= 0.3 is 0 Å². The summed E-state index contributed by atoms with van der Waals surface area (Å²) in [6, 6.07) is 12.1. The largest absolute Gasteiger partial charge is 0.504 e. The predicted molar refractivity (Wildman–Crippen MR) is 92.6 cm³/mol. The highest BCUT2D eigenvalue weighted by molar-refractivity contribution is 8.00. The van der Waals surface area contributed by atoms with E-state index >= 15 is 0 Å². The molecule has 0 aliphatic heterocycles. The number of methoxy groups -OCH3 is 1. The predicted octanol–water partition coefficient (Wildman–Crippen LogP) is 3.30. The molecule has 7 heteroatoms. The second-order valence-electron chi connectivity index (χ2n) is 4.47. The molecule has 0 saturated heterocycles. The number of nitrogens with zero attached hydrogens (tertiary/aromatic N) is 1. The maximum atomic E-state index is 11.7. The number of hydrogen-bond acceptors (Lipinski definition) is 5. The fraction of sp³-hybridized carbons (Fsp3) is 0.125. The zero-order chi connectivity index (χ0) is 16.7. The van der Waals surface area contributed by atoms with Crippen molar-refractivity contribution in [2.45, 2.75) is 4.90 Å². The van der Waals surface area contributed by atoms with E-state index in [0.717, 1.165) is 4.90 Å². The summed E-state index contributed by atoms with van der Waals surface area (Å²) in [4.78, 5) is 12.7. The first-order chi connectivity index (χ1) is 11.1. The van der Waals surface area contributed by atoms with Gasteiger partial charge in [-0.15, -0.1) is 11.8 Å². The van der Waals surface area contributed by atoms with Gasteiger partial charge in [0, 0.05) is 9.92 Å². The Morgan fingerprint density at radius 3 is 2.74 bits per heavy atom. The van der Waals surface area contributed by atoms with Crippen molar-refractivity contribution in [1.82, 2.24) is 5.43 Å². The maximum absolute atomic E-state index is 11.7. The number of rotatable bonds is 6. The molecule has 0 fully saturated rings. The Bertz CT molecular complexity index is 705. The summed E-state index contributed by atoms with van der Waals surface area (Å²) in [5.41, 5.74) is 3.08. The Morgan fingerprint density at radius 1 is 1.35 bits per heavy atom. The van der Waals surface area contributed by atoms with Crippen molar-refractivity contribution in [3.8, 4) is 11.5 Å². The van der Waals surface area contributed by atoms with Crippen LogP contribution >= 0.6 is 23.4 Å². The number of halogens is 1. The fourth-order valence-electron chi connectivity index (χ4n) is 1.68. The van der Waals surface area contributed by atoms with Gasteiger partial charge in [-0.05, 0) is 48.0 Å². The standard InChI is InChI=1S/C16H15ClN2O3S/c1-22-15-7-2-11(8-14(15)20)9-18-19-16(21)10-23-13-5-3-12(17)4-6-13/h2-9,20H,10H2,1H3,(H,19,21)/b18-9+. The van der Waals surface area contributed by atoms with Crippen LogP contribution in [0, 0.1) is 0 Å². The Kier molecular flexibility index (Phi) is 6.31. The number of amides is 1. The van der Waals surface area contributed by atoms with Crippen molar-refractivity contribution in [3.05, 3.63) is 53.1 Å². The highest BCUT2D eigenvalue weighted by atomic mass is 35.5. The number of aromatic hydroxyl groups is 1. The Balaban J connectivity index is 1.81. The second kappa shape index (κ2) is 8.45. The molecule has 0 aromatic heterocycles. The summed E-state index contributed by atoms with van der Waals surface area (Å²) < 4.78 is 4.95. The van der Waals surface area contributed by atoms with Gasteiger partial charge in [-0.1, -0.05) is 11.6 Å². The molecular formula is C16H15ClN2O3S. The average Bonchev–Trinajstić information content (AvgIpc) is 2.54. The van der Waals surface area contributed by atoms with E-state index in [0.29, 0.717) is 16.3 Å². The van der Waals surface area contributed by atoms with Gasteiger partial charge < -0.3 is 9.84 Å². The third-order valence-electron chi connectivity index (χ3n) is 2.79. The number of carbonyl (C=O) groups excluding carboxylic acids is 1. The molecule has 0 heterocycles. The lowest BCUT2D eigenvalue weighted by Crippen LogP contribution is -2.19. The molecule has 23 heavy (non-hydrogen) atoms. The minimum atomic E-state index is -0.223. The van der Waals surface area contributed by atoms with Crippen molar-refractivity contribution < 1.29 is 14.6 Å². The fourth-order valence-corrected chi connectivity index (χ4v) is 2.49. The third kappa shape index (κ3) is 5.50. The van der Waals surface area contributed by atoms with Crippen LogP contribution in [0.2, 0.25) is 5.02 Å². The highest BCUT2D eigenvalue weighted by Gasteiger charge is 2.03. The monoisotopic (exact) mass is 350 g/mol. The topological polar surface area (TPSA) is 70.9 Å². The number of phenolic OH excluding ortho intramolecular Hbond substituents is 1. The summed E-state index contributed by atoms with van der Waals surface area (Å²) in [5.74, 6) is 0.415. The molecule has 5 nitrogen and oxygen atoms in total. The smallest absolute Gasteiger partial charge is 0.250 e. The molecule has 0 spiro atoms. The van der Waals surface area contributed by atoms with E-state index in [1.807, 2.05) is 12.1 Å².